The maximum Gasteiger partial charge on any atom is 0.136 e. The van der Waals surface area contributed by atoms with Gasteiger partial charge in [0, 0.05) is 28.4 Å². The SMILES string of the molecule is Cc1ccc(N(c2cccc(Oc3c(C)ccc(O)c3C)c2)c2ccc(C)c(O)c2C)c(C)c1O. The van der Waals surface area contributed by atoms with E-state index in [0.29, 0.717) is 17.1 Å². The van der Waals surface area contributed by atoms with Crippen LogP contribution in [-0.4, -0.2) is 15.3 Å². The second-order valence-electron chi connectivity index (χ2n) is 9.04. The first-order valence-corrected chi connectivity index (χ1v) is 11.6. The van der Waals surface area contributed by atoms with Crippen LogP contribution in [0.4, 0.5) is 17.1 Å². The van der Waals surface area contributed by atoms with Crippen LogP contribution >= 0.6 is 0 Å². The first-order chi connectivity index (χ1) is 16.6. The Kier molecular flexibility index (Phi) is 6.35. The number of hydrogen-bond acceptors (Lipinski definition) is 5. The summed E-state index contributed by atoms with van der Waals surface area (Å²) in [6.07, 6.45) is 0. The fourth-order valence-corrected chi connectivity index (χ4v) is 4.32. The van der Waals surface area contributed by atoms with Crippen molar-refractivity contribution in [2.75, 3.05) is 4.90 Å². The van der Waals surface area contributed by atoms with Crippen LogP contribution in [0.5, 0.6) is 28.7 Å². The lowest BCUT2D eigenvalue weighted by atomic mass is 10.0. The van der Waals surface area contributed by atoms with Gasteiger partial charge in [0.15, 0.2) is 0 Å². The van der Waals surface area contributed by atoms with Crippen molar-refractivity contribution in [1.29, 1.82) is 0 Å². The van der Waals surface area contributed by atoms with Gasteiger partial charge in [0.25, 0.3) is 0 Å². The molecule has 0 saturated carbocycles. The molecule has 0 aliphatic rings. The van der Waals surface area contributed by atoms with Crippen LogP contribution in [0.25, 0.3) is 0 Å². The second-order valence-corrected chi connectivity index (χ2v) is 9.04. The zero-order valence-corrected chi connectivity index (χ0v) is 21.0. The summed E-state index contributed by atoms with van der Waals surface area (Å²) in [4.78, 5) is 2.01. The molecule has 180 valence electrons. The Hall–Kier alpha value is -4.12. The summed E-state index contributed by atoms with van der Waals surface area (Å²) in [6.45, 7) is 11.3. The van der Waals surface area contributed by atoms with E-state index in [4.69, 9.17) is 4.74 Å². The topological polar surface area (TPSA) is 73.2 Å². The fraction of sp³-hybridized carbons (Fsp3) is 0.200. The smallest absolute Gasteiger partial charge is 0.136 e. The van der Waals surface area contributed by atoms with Crippen molar-refractivity contribution in [3.05, 3.63) is 94.0 Å². The third-order valence-corrected chi connectivity index (χ3v) is 6.56. The van der Waals surface area contributed by atoms with E-state index in [1.54, 1.807) is 6.07 Å². The van der Waals surface area contributed by atoms with Gasteiger partial charge in [-0.25, -0.2) is 0 Å². The molecular weight excluding hydrogens is 438 g/mol. The molecule has 0 bridgehead atoms. The van der Waals surface area contributed by atoms with E-state index in [0.717, 1.165) is 44.9 Å². The molecule has 35 heavy (non-hydrogen) atoms. The van der Waals surface area contributed by atoms with Gasteiger partial charge in [-0.2, -0.15) is 0 Å². The van der Waals surface area contributed by atoms with Gasteiger partial charge < -0.3 is 25.0 Å². The molecule has 0 spiro atoms. The molecule has 0 fully saturated rings. The highest BCUT2D eigenvalue weighted by Crippen LogP contribution is 2.45. The van der Waals surface area contributed by atoms with E-state index in [9.17, 15) is 15.3 Å². The van der Waals surface area contributed by atoms with Crippen LogP contribution < -0.4 is 9.64 Å². The van der Waals surface area contributed by atoms with Crippen molar-refractivity contribution < 1.29 is 20.1 Å². The van der Waals surface area contributed by atoms with Gasteiger partial charge in [-0.05, 0) is 88.6 Å². The summed E-state index contributed by atoms with van der Waals surface area (Å²) in [6, 6.07) is 18.8. The second kappa shape index (κ2) is 9.26. The van der Waals surface area contributed by atoms with E-state index < -0.39 is 0 Å². The highest BCUT2D eigenvalue weighted by atomic mass is 16.5. The molecule has 0 heterocycles. The quantitative estimate of drug-likeness (QED) is 0.277. The van der Waals surface area contributed by atoms with Gasteiger partial charge in [0.1, 0.15) is 28.7 Å². The third kappa shape index (κ3) is 4.37. The van der Waals surface area contributed by atoms with Gasteiger partial charge in [0.2, 0.25) is 0 Å². The zero-order valence-electron chi connectivity index (χ0n) is 21.0. The minimum Gasteiger partial charge on any atom is -0.508 e. The van der Waals surface area contributed by atoms with E-state index >= 15 is 0 Å². The zero-order chi connectivity index (χ0) is 25.4. The predicted octanol–water partition coefficient (Wildman–Crippen LogP) is 7.92. The van der Waals surface area contributed by atoms with Crippen LogP contribution in [0.3, 0.4) is 0 Å². The Morgan fingerprint density at radius 1 is 0.600 bits per heavy atom. The number of phenols is 3. The van der Waals surface area contributed by atoms with Gasteiger partial charge in [-0.1, -0.05) is 24.3 Å². The standard InChI is InChI=1S/C30H31NO4/c1-17-10-13-25(20(4)28(17)33)31(26-14-11-18(2)29(34)21(26)5)23-8-7-9-24(16-23)35-30-19(3)12-15-27(32)22(30)6/h7-16,32-34H,1-6H3. The van der Waals surface area contributed by atoms with Crippen molar-refractivity contribution in [2.24, 2.45) is 0 Å². The lowest BCUT2D eigenvalue weighted by Gasteiger charge is -2.30. The highest BCUT2D eigenvalue weighted by Gasteiger charge is 2.21. The Balaban J connectivity index is 1.90. The Morgan fingerprint density at radius 3 is 1.71 bits per heavy atom. The number of phenolic OH excluding ortho intramolecular Hbond substituents is 3. The number of hydrogen-bond donors (Lipinski definition) is 3. The molecule has 0 saturated heterocycles. The lowest BCUT2D eigenvalue weighted by Crippen LogP contribution is -2.13. The molecule has 0 aliphatic heterocycles. The summed E-state index contributed by atoms with van der Waals surface area (Å²) in [5.41, 5.74) is 7.03. The monoisotopic (exact) mass is 469 g/mol. The molecule has 4 aromatic carbocycles. The number of rotatable bonds is 5. The maximum absolute atomic E-state index is 10.7. The van der Waals surface area contributed by atoms with Gasteiger partial charge in [0.05, 0.1) is 11.4 Å². The molecule has 0 amide bonds. The molecule has 0 atom stereocenters. The van der Waals surface area contributed by atoms with E-state index in [2.05, 4.69) is 0 Å². The largest absolute Gasteiger partial charge is 0.508 e. The van der Waals surface area contributed by atoms with Crippen LogP contribution in [0, 0.1) is 41.5 Å². The van der Waals surface area contributed by atoms with Crippen molar-refractivity contribution in [3.8, 4) is 28.7 Å². The maximum atomic E-state index is 10.7. The van der Waals surface area contributed by atoms with Gasteiger partial charge >= 0.3 is 0 Å². The van der Waals surface area contributed by atoms with Crippen LogP contribution in [0.1, 0.15) is 33.4 Å². The molecule has 4 rings (SSSR count). The first kappa shape index (κ1) is 24.0. The minimum absolute atomic E-state index is 0.180. The minimum atomic E-state index is 0.180. The molecule has 0 unspecified atom stereocenters. The van der Waals surface area contributed by atoms with E-state index in [1.165, 1.54) is 0 Å². The number of aromatic hydroxyl groups is 3. The first-order valence-electron chi connectivity index (χ1n) is 11.6. The summed E-state index contributed by atoms with van der Waals surface area (Å²) >= 11 is 0. The van der Waals surface area contributed by atoms with E-state index in [1.807, 2.05) is 101 Å². The highest BCUT2D eigenvalue weighted by molar-refractivity contribution is 5.83. The Bertz CT molecular complexity index is 1370. The number of benzene rings is 4. The molecule has 0 aliphatic carbocycles. The molecule has 5 nitrogen and oxygen atoms in total. The van der Waals surface area contributed by atoms with Gasteiger partial charge in [-0.15, -0.1) is 0 Å². The average Bonchev–Trinajstić information content (AvgIpc) is 2.84. The van der Waals surface area contributed by atoms with Crippen molar-refractivity contribution >= 4 is 17.1 Å². The average molecular weight is 470 g/mol. The predicted molar refractivity (Wildman–Crippen MR) is 141 cm³/mol. The van der Waals surface area contributed by atoms with Gasteiger partial charge in [-0.3, -0.25) is 0 Å². The number of anilines is 3. The summed E-state index contributed by atoms with van der Waals surface area (Å²) in [7, 11) is 0. The third-order valence-electron chi connectivity index (χ3n) is 6.56. The number of aryl methyl sites for hydroxylation is 3. The lowest BCUT2D eigenvalue weighted by molar-refractivity contribution is 0.446. The van der Waals surface area contributed by atoms with Crippen LogP contribution in [0.2, 0.25) is 0 Å². The molecule has 0 radical (unpaired) electrons. The van der Waals surface area contributed by atoms with Crippen molar-refractivity contribution in [2.45, 2.75) is 41.5 Å². The normalized spacial score (nSPS) is 10.9. The number of nitrogens with zero attached hydrogens (tertiary/aromatic N) is 1. The molecule has 0 aromatic heterocycles. The summed E-state index contributed by atoms with van der Waals surface area (Å²) < 4.78 is 6.24. The Morgan fingerprint density at radius 2 is 1.14 bits per heavy atom. The van der Waals surface area contributed by atoms with E-state index in [-0.39, 0.29) is 17.2 Å². The molecule has 3 N–H and O–H groups in total. The molecule has 4 aromatic rings. The van der Waals surface area contributed by atoms with Crippen molar-refractivity contribution in [3.63, 3.8) is 0 Å². The van der Waals surface area contributed by atoms with Crippen LogP contribution in [0.15, 0.2) is 60.7 Å². The molecule has 5 heteroatoms. The fourth-order valence-electron chi connectivity index (χ4n) is 4.32. The molecular formula is C30H31NO4. The summed E-state index contributed by atoms with van der Waals surface area (Å²) in [5.74, 6) is 1.87. The summed E-state index contributed by atoms with van der Waals surface area (Å²) in [5, 5.41) is 31.6. The van der Waals surface area contributed by atoms with Crippen molar-refractivity contribution in [1.82, 2.24) is 0 Å². The Labute approximate surface area is 206 Å². The number of ether oxygens (including phenoxy) is 1. The van der Waals surface area contributed by atoms with Crippen LogP contribution in [-0.2, 0) is 0 Å².